The lowest BCUT2D eigenvalue weighted by Gasteiger charge is -2.33. The molecule has 0 radical (unpaired) electrons. The standard InChI is InChI=1S/C13H21N5O/c1-7(2)12-15-6-10(18-14)11(17-12)13(19)16-9-4-8(3)5-9/h6-9,18H,4-5,14H2,1-3H3,(H,16,19). The minimum atomic E-state index is -0.186. The Morgan fingerprint density at radius 2 is 2.16 bits per heavy atom. The maximum absolute atomic E-state index is 12.2. The fourth-order valence-corrected chi connectivity index (χ4v) is 2.23. The summed E-state index contributed by atoms with van der Waals surface area (Å²) in [5.74, 6) is 6.72. The van der Waals surface area contributed by atoms with Gasteiger partial charge in [-0.2, -0.15) is 0 Å². The first kappa shape index (κ1) is 13.7. The molecule has 19 heavy (non-hydrogen) atoms. The molecule has 4 N–H and O–H groups in total. The molecule has 0 spiro atoms. The highest BCUT2D eigenvalue weighted by Crippen LogP contribution is 2.26. The van der Waals surface area contributed by atoms with Gasteiger partial charge in [-0.3, -0.25) is 10.6 Å². The molecule has 0 saturated heterocycles. The second-order valence-electron chi connectivity index (χ2n) is 5.54. The maximum atomic E-state index is 12.2. The highest BCUT2D eigenvalue weighted by molar-refractivity contribution is 5.97. The van der Waals surface area contributed by atoms with Crippen molar-refractivity contribution in [2.45, 2.75) is 45.6 Å². The lowest BCUT2D eigenvalue weighted by atomic mass is 9.82. The Bertz CT molecular complexity index is 468. The van der Waals surface area contributed by atoms with E-state index in [1.807, 2.05) is 13.8 Å². The third kappa shape index (κ3) is 3.01. The van der Waals surface area contributed by atoms with Gasteiger partial charge in [0.15, 0.2) is 5.69 Å². The molecule has 1 aliphatic carbocycles. The van der Waals surface area contributed by atoms with Crippen molar-refractivity contribution in [1.82, 2.24) is 15.3 Å². The number of aromatic nitrogens is 2. The SMILES string of the molecule is CC1CC(NC(=O)c2nc(C(C)C)ncc2NN)C1. The summed E-state index contributed by atoms with van der Waals surface area (Å²) in [6.45, 7) is 6.15. The van der Waals surface area contributed by atoms with Gasteiger partial charge in [0, 0.05) is 12.0 Å². The molecule has 6 heteroatoms. The van der Waals surface area contributed by atoms with Crippen LogP contribution >= 0.6 is 0 Å². The molecule has 0 atom stereocenters. The van der Waals surface area contributed by atoms with E-state index in [4.69, 9.17) is 5.84 Å². The molecule has 6 nitrogen and oxygen atoms in total. The molecule has 1 saturated carbocycles. The minimum Gasteiger partial charge on any atom is -0.348 e. The van der Waals surface area contributed by atoms with Crippen molar-refractivity contribution >= 4 is 11.6 Å². The average molecular weight is 263 g/mol. The van der Waals surface area contributed by atoms with Crippen LogP contribution in [0.2, 0.25) is 0 Å². The van der Waals surface area contributed by atoms with Crippen LogP contribution < -0.4 is 16.6 Å². The lowest BCUT2D eigenvalue weighted by molar-refractivity contribution is 0.0891. The van der Waals surface area contributed by atoms with E-state index in [0.717, 1.165) is 12.8 Å². The topological polar surface area (TPSA) is 92.9 Å². The quantitative estimate of drug-likeness (QED) is 0.564. The van der Waals surface area contributed by atoms with Crippen molar-refractivity contribution in [2.24, 2.45) is 11.8 Å². The number of anilines is 1. The minimum absolute atomic E-state index is 0.169. The molecule has 0 unspecified atom stereocenters. The number of carbonyl (C=O) groups is 1. The third-order valence-electron chi connectivity index (χ3n) is 3.40. The Hall–Kier alpha value is -1.69. The van der Waals surface area contributed by atoms with Gasteiger partial charge in [-0.1, -0.05) is 20.8 Å². The molecule has 1 aromatic heterocycles. The normalized spacial score (nSPS) is 21.9. The van der Waals surface area contributed by atoms with E-state index in [1.165, 1.54) is 0 Å². The predicted octanol–water partition coefficient (Wildman–Crippen LogP) is 1.41. The number of carbonyl (C=O) groups excluding carboxylic acids is 1. The summed E-state index contributed by atoms with van der Waals surface area (Å²) in [5, 5.41) is 2.98. The zero-order valence-corrected chi connectivity index (χ0v) is 11.6. The number of hydrogen-bond acceptors (Lipinski definition) is 5. The van der Waals surface area contributed by atoms with Crippen molar-refractivity contribution in [2.75, 3.05) is 5.43 Å². The molecule has 0 bridgehead atoms. The van der Waals surface area contributed by atoms with E-state index in [-0.39, 0.29) is 17.9 Å². The number of nitrogen functional groups attached to an aromatic ring is 1. The van der Waals surface area contributed by atoms with Gasteiger partial charge in [0.25, 0.3) is 5.91 Å². The zero-order chi connectivity index (χ0) is 14.0. The monoisotopic (exact) mass is 263 g/mol. The molecule has 1 aromatic rings. The van der Waals surface area contributed by atoms with Gasteiger partial charge in [-0.05, 0) is 18.8 Å². The van der Waals surface area contributed by atoms with Crippen molar-refractivity contribution in [1.29, 1.82) is 0 Å². The van der Waals surface area contributed by atoms with Crippen LogP contribution in [0.1, 0.15) is 55.8 Å². The number of nitrogens with one attached hydrogen (secondary N) is 2. The van der Waals surface area contributed by atoms with Gasteiger partial charge in [0.2, 0.25) is 0 Å². The number of rotatable bonds is 4. The number of nitrogens with zero attached hydrogens (tertiary/aromatic N) is 2. The molecule has 2 rings (SSSR count). The summed E-state index contributed by atoms with van der Waals surface area (Å²) in [6.07, 6.45) is 3.61. The van der Waals surface area contributed by atoms with Crippen LogP contribution in [0, 0.1) is 5.92 Å². The molecule has 0 aliphatic heterocycles. The molecule has 1 amide bonds. The number of hydrazine groups is 1. The molecule has 1 heterocycles. The van der Waals surface area contributed by atoms with E-state index in [9.17, 15) is 4.79 Å². The fourth-order valence-electron chi connectivity index (χ4n) is 2.23. The fraction of sp³-hybridized carbons (Fsp3) is 0.615. The number of nitrogens with two attached hydrogens (primary N) is 1. The van der Waals surface area contributed by atoms with Crippen molar-refractivity contribution in [3.05, 3.63) is 17.7 Å². The van der Waals surface area contributed by atoms with Gasteiger partial charge in [-0.15, -0.1) is 0 Å². The molecule has 1 aliphatic rings. The summed E-state index contributed by atoms with van der Waals surface area (Å²) < 4.78 is 0. The van der Waals surface area contributed by atoms with Crippen molar-refractivity contribution in [3.8, 4) is 0 Å². The van der Waals surface area contributed by atoms with Crippen LogP contribution in [0.15, 0.2) is 6.20 Å². The van der Waals surface area contributed by atoms with E-state index < -0.39 is 0 Å². The second-order valence-corrected chi connectivity index (χ2v) is 5.54. The van der Waals surface area contributed by atoms with E-state index >= 15 is 0 Å². The first-order chi connectivity index (χ1) is 9.01. The van der Waals surface area contributed by atoms with Crippen molar-refractivity contribution < 1.29 is 4.79 Å². The van der Waals surface area contributed by atoms with Gasteiger partial charge < -0.3 is 10.7 Å². The highest BCUT2D eigenvalue weighted by atomic mass is 16.2. The number of amides is 1. The van der Waals surface area contributed by atoms with Crippen LogP contribution in [0.3, 0.4) is 0 Å². The van der Waals surface area contributed by atoms with Gasteiger partial charge in [-0.25, -0.2) is 9.97 Å². The Kier molecular flexibility index (Phi) is 3.99. The van der Waals surface area contributed by atoms with Gasteiger partial charge >= 0.3 is 0 Å². The average Bonchev–Trinajstić information content (AvgIpc) is 2.35. The van der Waals surface area contributed by atoms with Crippen LogP contribution in [-0.2, 0) is 0 Å². The summed E-state index contributed by atoms with van der Waals surface area (Å²) in [5.41, 5.74) is 3.25. The van der Waals surface area contributed by atoms with E-state index in [0.29, 0.717) is 23.1 Å². The van der Waals surface area contributed by atoms with Crippen molar-refractivity contribution in [3.63, 3.8) is 0 Å². The molecular weight excluding hydrogens is 242 g/mol. The summed E-state index contributed by atoms with van der Waals surface area (Å²) in [4.78, 5) is 20.7. The summed E-state index contributed by atoms with van der Waals surface area (Å²) in [6, 6.07) is 0.255. The van der Waals surface area contributed by atoms with Gasteiger partial charge in [0.1, 0.15) is 5.82 Å². The third-order valence-corrected chi connectivity index (χ3v) is 3.40. The molecule has 0 aromatic carbocycles. The Morgan fingerprint density at radius 3 is 2.68 bits per heavy atom. The number of hydrogen-bond donors (Lipinski definition) is 3. The summed E-state index contributed by atoms with van der Waals surface area (Å²) in [7, 11) is 0. The van der Waals surface area contributed by atoms with Crippen LogP contribution in [-0.4, -0.2) is 21.9 Å². The van der Waals surface area contributed by atoms with Crippen LogP contribution in [0.25, 0.3) is 0 Å². The highest BCUT2D eigenvalue weighted by Gasteiger charge is 2.28. The van der Waals surface area contributed by atoms with E-state index in [1.54, 1.807) is 6.20 Å². The predicted molar refractivity (Wildman–Crippen MR) is 73.6 cm³/mol. The largest absolute Gasteiger partial charge is 0.348 e. The first-order valence-electron chi connectivity index (χ1n) is 6.65. The molecule has 1 fully saturated rings. The van der Waals surface area contributed by atoms with Crippen LogP contribution in [0.5, 0.6) is 0 Å². The first-order valence-corrected chi connectivity index (χ1v) is 6.65. The Balaban J connectivity index is 2.16. The Labute approximate surface area is 113 Å². The summed E-state index contributed by atoms with van der Waals surface area (Å²) >= 11 is 0. The molecule has 104 valence electrons. The molecular formula is C13H21N5O. The Morgan fingerprint density at radius 1 is 1.47 bits per heavy atom. The lowest BCUT2D eigenvalue weighted by Crippen LogP contribution is -2.44. The zero-order valence-electron chi connectivity index (χ0n) is 11.6. The smallest absolute Gasteiger partial charge is 0.272 e. The van der Waals surface area contributed by atoms with Crippen LogP contribution in [0.4, 0.5) is 5.69 Å². The van der Waals surface area contributed by atoms with Gasteiger partial charge in [0.05, 0.1) is 11.9 Å². The second kappa shape index (κ2) is 5.52. The van der Waals surface area contributed by atoms with E-state index in [2.05, 4.69) is 27.6 Å². The maximum Gasteiger partial charge on any atom is 0.272 e.